The number of carbonyl (C=O) groups excluding carboxylic acids is 1. The zero-order valence-corrected chi connectivity index (χ0v) is 12.7. The summed E-state index contributed by atoms with van der Waals surface area (Å²) in [5.41, 5.74) is 1.08. The van der Waals surface area contributed by atoms with E-state index in [0.717, 1.165) is 29.3 Å². The lowest BCUT2D eigenvalue weighted by atomic mass is 9.81. The van der Waals surface area contributed by atoms with Crippen LogP contribution in [0.25, 0.3) is 0 Å². The van der Waals surface area contributed by atoms with Crippen LogP contribution < -0.4 is 5.32 Å². The first-order chi connectivity index (χ1) is 8.40. The number of aryl methyl sites for hydroxylation is 1. The average Bonchev–Trinajstić information content (AvgIpc) is 2.62. The van der Waals surface area contributed by atoms with Crippen molar-refractivity contribution in [3.8, 4) is 0 Å². The van der Waals surface area contributed by atoms with Crippen LogP contribution in [-0.4, -0.2) is 10.9 Å². The fraction of sp³-hybridized carbons (Fsp3) is 0.571. The normalized spacial score (nSPS) is 21.9. The van der Waals surface area contributed by atoms with E-state index in [2.05, 4.69) is 40.1 Å². The van der Waals surface area contributed by atoms with Crippen molar-refractivity contribution < 1.29 is 4.79 Å². The highest BCUT2D eigenvalue weighted by Gasteiger charge is 2.39. The molecule has 1 aliphatic rings. The van der Waals surface area contributed by atoms with Gasteiger partial charge in [-0.05, 0) is 52.7 Å². The van der Waals surface area contributed by atoms with Gasteiger partial charge in [-0.15, -0.1) is 0 Å². The van der Waals surface area contributed by atoms with Gasteiger partial charge < -0.3 is 5.32 Å². The fourth-order valence-corrected chi connectivity index (χ4v) is 3.13. The standard InChI is InChI=1S/C14H19BrN2O/c1-9-7-10(15)8-16-12(9)17-13(18)11-5-4-6-14(11,2)3/h7-8,11H,4-6H2,1-3H3,(H,16,17,18). The van der Waals surface area contributed by atoms with Crippen LogP contribution in [-0.2, 0) is 4.79 Å². The minimum Gasteiger partial charge on any atom is -0.310 e. The summed E-state index contributed by atoms with van der Waals surface area (Å²) >= 11 is 3.37. The van der Waals surface area contributed by atoms with Gasteiger partial charge in [-0.1, -0.05) is 20.3 Å². The van der Waals surface area contributed by atoms with Crippen molar-refractivity contribution in [3.63, 3.8) is 0 Å². The molecule has 1 aromatic heterocycles. The molecule has 18 heavy (non-hydrogen) atoms. The quantitative estimate of drug-likeness (QED) is 0.899. The molecule has 3 nitrogen and oxygen atoms in total. The van der Waals surface area contributed by atoms with Crippen molar-refractivity contribution in [2.24, 2.45) is 11.3 Å². The van der Waals surface area contributed by atoms with Gasteiger partial charge in [0.25, 0.3) is 0 Å². The van der Waals surface area contributed by atoms with E-state index < -0.39 is 0 Å². The summed E-state index contributed by atoms with van der Waals surface area (Å²) in [7, 11) is 0. The molecule has 0 radical (unpaired) electrons. The number of nitrogens with zero attached hydrogens (tertiary/aromatic N) is 1. The number of anilines is 1. The Morgan fingerprint density at radius 2 is 2.28 bits per heavy atom. The third-order valence-corrected chi connectivity index (χ3v) is 4.29. The largest absolute Gasteiger partial charge is 0.310 e. The molecule has 98 valence electrons. The van der Waals surface area contributed by atoms with Gasteiger partial charge in [0.15, 0.2) is 0 Å². The second-order valence-electron chi connectivity index (χ2n) is 5.74. The van der Waals surface area contributed by atoms with Crippen molar-refractivity contribution in [3.05, 3.63) is 22.3 Å². The van der Waals surface area contributed by atoms with Crippen molar-refractivity contribution in [1.29, 1.82) is 0 Å². The number of pyridine rings is 1. The van der Waals surface area contributed by atoms with Gasteiger partial charge in [-0.2, -0.15) is 0 Å². The summed E-state index contributed by atoms with van der Waals surface area (Å²) in [5.74, 6) is 0.878. The molecule has 0 saturated heterocycles. The Balaban J connectivity index is 2.12. The zero-order chi connectivity index (χ0) is 13.3. The summed E-state index contributed by atoms with van der Waals surface area (Å²) in [6, 6.07) is 1.96. The molecule has 0 aliphatic heterocycles. The topological polar surface area (TPSA) is 42.0 Å². The lowest BCUT2D eigenvalue weighted by molar-refractivity contribution is -0.122. The lowest BCUT2D eigenvalue weighted by Gasteiger charge is -2.25. The Labute approximate surface area is 117 Å². The molecule has 1 fully saturated rings. The predicted octanol–water partition coefficient (Wildman–Crippen LogP) is 3.92. The molecule has 1 aliphatic carbocycles. The van der Waals surface area contributed by atoms with Crippen LogP contribution in [0.15, 0.2) is 16.7 Å². The first kappa shape index (κ1) is 13.5. The third-order valence-electron chi connectivity index (χ3n) is 3.86. The minimum absolute atomic E-state index is 0.0994. The van der Waals surface area contributed by atoms with E-state index in [1.54, 1.807) is 6.20 Å². The SMILES string of the molecule is Cc1cc(Br)cnc1NC(=O)C1CCCC1(C)C. The number of rotatable bonds is 2. The van der Waals surface area contributed by atoms with Crippen LogP contribution in [0.1, 0.15) is 38.7 Å². The smallest absolute Gasteiger partial charge is 0.229 e. The molecule has 2 rings (SSSR count). The van der Waals surface area contributed by atoms with Crippen molar-refractivity contribution in [2.45, 2.75) is 40.0 Å². The Bertz CT molecular complexity index is 471. The molecule has 4 heteroatoms. The first-order valence-corrected chi connectivity index (χ1v) is 7.12. The highest BCUT2D eigenvalue weighted by molar-refractivity contribution is 9.10. The number of amides is 1. The van der Waals surface area contributed by atoms with Crippen LogP contribution >= 0.6 is 15.9 Å². The maximum Gasteiger partial charge on any atom is 0.229 e. The molecule has 1 heterocycles. The zero-order valence-electron chi connectivity index (χ0n) is 11.1. The van der Waals surface area contributed by atoms with Crippen LogP contribution in [0, 0.1) is 18.3 Å². The molecule has 0 bridgehead atoms. The second kappa shape index (κ2) is 5.00. The van der Waals surface area contributed by atoms with Crippen molar-refractivity contribution >= 4 is 27.7 Å². The third kappa shape index (κ3) is 2.74. The van der Waals surface area contributed by atoms with Crippen LogP contribution in [0.4, 0.5) is 5.82 Å². The summed E-state index contributed by atoms with van der Waals surface area (Å²) in [5, 5.41) is 2.96. The Morgan fingerprint density at radius 3 is 2.83 bits per heavy atom. The molecule has 0 spiro atoms. The number of nitrogens with one attached hydrogen (secondary N) is 1. The Hall–Kier alpha value is -0.900. The molecular formula is C14H19BrN2O. The van der Waals surface area contributed by atoms with E-state index in [-0.39, 0.29) is 17.2 Å². The molecule has 1 aromatic rings. The first-order valence-electron chi connectivity index (χ1n) is 6.33. The number of aromatic nitrogens is 1. The number of hydrogen-bond donors (Lipinski definition) is 1. The summed E-state index contributed by atoms with van der Waals surface area (Å²) < 4.78 is 0.930. The lowest BCUT2D eigenvalue weighted by Crippen LogP contribution is -2.31. The molecule has 1 N–H and O–H groups in total. The van der Waals surface area contributed by atoms with Gasteiger partial charge in [-0.3, -0.25) is 4.79 Å². The van der Waals surface area contributed by atoms with E-state index in [1.165, 1.54) is 0 Å². The van der Waals surface area contributed by atoms with Crippen LogP contribution in [0.5, 0.6) is 0 Å². The van der Waals surface area contributed by atoms with Crippen molar-refractivity contribution in [2.75, 3.05) is 5.32 Å². The number of carbonyl (C=O) groups is 1. The monoisotopic (exact) mass is 310 g/mol. The minimum atomic E-state index is 0.0994. The van der Waals surface area contributed by atoms with Gasteiger partial charge in [0, 0.05) is 16.6 Å². The fourth-order valence-electron chi connectivity index (χ4n) is 2.69. The molecule has 0 aromatic carbocycles. The molecule has 1 amide bonds. The van der Waals surface area contributed by atoms with E-state index in [4.69, 9.17) is 0 Å². The van der Waals surface area contributed by atoms with Crippen molar-refractivity contribution in [1.82, 2.24) is 4.98 Å². The van der Waals surface area contributed by atoms with Crippen LogP contribution in [0.2, 0.25) is 0 Å². The maximum atomic E-state index is 12.3. The molecule has 1 atom stereocenters. The van der Waals surface area contributed by atoms with Gasteiger partial charge in [0.2, 0.25) is 5.91 Å². The van der Waals surface area contributed by atoms with Crippen LogP contribution in [0.3, 0.4) is 0 Å². The predicted molar refractivity (Wildman–Crippen MR) is 76.4 cm³/mol. The van der Waals surface area contributed by atoms with Gasteiger partial charge >= 0.3 is 0 Å². The highest BCUT2D eigenvalue weighted by atomic mass is 79.9. The second-order valence-corrected chi connectivity index (χ2v) is 6.66. The van der Waals surface area contributed by atoms with Gasteiger partial charge in [-0.25, -0.2) is 4.98 Å². The summed E-state index contributed by atoms with van der Waals surface area (Å²) in [6.45, 7) is 6.30. The average molecular weight is 311 g/mol. The van der Waals surface area contributed by atoms with E-state index >= 15 is 0 Å². The number of hydrogen-bond acceptors (Lipinski definition) is 2. The Kier molecular flexibility index (Phi) is 3.76. The summed E-state index contributed by atoms with van der Waals surface area (Å²) in [6.07, 6.45) is 4.95. The van der Waals surface area contributed by atoms with E-state index in [0.29, 0.717) is 5.82 Å². The maximum absolute atomic E-state index is 12.3. The summed E-state index contributed by atoms with van der Waals surface area (Å²) in [4.78, 5) is 16.6. The number of halogens is 1. The van der Waals surface area contributed by atoms with E-state index in [9.17, 15) is 4.79 Å². The Morgan fingerprint density at radius 1 is 1.56 bits per heavy atom. The van der Waals surface area contributed by atoms with E-state index in [1.807, 2.05) is 13.0 Å². The molecule has 1 unspecified atom stereocenters. The molecular weight excluding hydrogens is 292 g/mol. The van der Waals surface area contributed by atoms with Gasteiger partial charge in [0.05, 0.1) is 0 Å². The highest BCUT2D eigenvalue weighted by Crippen LogP contribution is 2.43. The molecule has 1 saturated carbocycles. The van der Waals surface area contributed by atoms with Gasteiger partial charge in [0.1, 0.15) is 5.82 Å².